The maximum absolute atomic E-state index is 14.3. The van der Waals surface area contributed by atoms with Crippen LogP contribution in [0.25, 0.3) is 11.0 Å². The molecular formula is C28H29FN4O. The Morgan fingerprint density at radius 3 is 2.53 bits per heavy atom. The Balaban J connectivity index is 1.30. The number of fused-ring (bicyclic) bond motifs is 2. The molecule has 174 valence electrons. The lowest BCUT2D eigenvalue weighted by Crippen LogP contribution is -2.40. The minimum absolute atomic E-state index is 0.000803. The number of hydrogen-bond donors (Lipinski definition) is 0. The summed E-state index contributed by atoms with van der Waals surface area (Å²) in [6, 6.07) is 21.4. The third-order valence-electron chi connectivity index (χ3n) is 7.53. The van der Waals surface area contributed by atoms with E-state index in [1.54, 1.807) is 18.3 Å². The van der Waals surface area contributed by atoms with Gasteiger partial charge in [0, 0.05) is 37.5 Å². The van der Waals surface area contributed by atoms with Crippen molar-refractivity contribution >= 4 is 11.0 Å². The molecule has 2 aromatic carbocycles. The molecule has 4 aromatic rings. The second-order valence-corrected chi connectivity index (χ2v) is 9.69. The van der Waals surface area contributed by atoms with Crippen LogP contribution in [0.2, 0.25) is 0 Å². The quantitative estimate of drug-likeness (QED) is 0.403. The average Bonchev–Trinajstić information content (AvgIpc) is 3.39. The summed E-state index contributed by atoms with van der Waals surface area (Å²) in [7, 11) is 0. The Labute approximate surface area is 199 Å². The monoisotopic (exact) mass is 456 g/mol. The van der Waals surface area contributed by atoms with Gasteiger partial charge in [0.15, 0.2) is 0 Å². The van der Waals surface area contributed by atoms with Gasteiger partial charge in [-0.3, -0.25) is 4.90 Å². The first-order valence-electron chi connectivity index (χ1n) is 12.1. The van der Waals surface area contributed by atoms with Gasteiger partial charge in [-0.15, -0.1) is 0 Å². The Bertz CT molecular complexity index is 1290. The molecule has 34 heavy (non-hydrogen) atoms. The van der Waals surface area contributed by atoms with Gasteiger partial charge in [-0.05, 0) is 55.9 Å². The maximum atomic E-state index is 14.3. The minimum atomic E-state index is -0.118. The molecule has 6 rings (SSSR count). The van der Waals surface area contributed by atoms with Crippen LogP contribution >= 0.6 is 0 Å². The Morgan fingerprint density at radius 1 is 0.941 bits per heavy atom. The van der Waals surface area contributed by atoms with Crippen molar-refractivity contribution in [3.05, 3.63) is 90.1 Å². The topological polar surface area (TPSA) is 43.2 Å². The van der Waals surface area contributed by atoms with Gasteiger partial charge in [0.25, 0.3) is 0 Å². The molecule has 2 aliphatic rings. The lowest BCUT2D eigenvalue weighted by atomic mass is 9.77. The maximum Gasteiger partial charge on any atom is 0.213 e. The number of benzene rings is 2. The summed E-state index contributed by atoms with van der Waals surface area (Å²) in [5.74, 6) is 2.62. The summed E-state index contributed by atoms with van der Waals surface area (Å²) in [4.78, 5) is 11.7. The number of pyridine rings is 1. The van der Waals surface area contributed by atoms with E-state index in [-0.39, 0.29) is 18.0 Å². The molecule has 6 heteroatoms. The summed E-state index contributed by atoms with van der Waals surface area (Å²) in [6.45, 7) is 4.70. The molecule has 3 heterocycles. The van der Waals surface area contributed by atoms with Crippen LogP contribution in [0.3, 0.4) is 0 Å². The smallest absolute Gasteiger partial charge is 0.213 e. The van der Waals surface area contributed by atoms with Crippen molar-refractivity contribution < 1.29 is 9.13 Å². The molecule has 5 nitrogen and oxygen atoms in total. The van der Waals surface area contributed by atoms with Crippen LogP contribution in [0.15, 0.2) is 72.9 Å². The first kappa shape index (κ1) is 21.3. The third-order valence-corrected chi connectivity index (χ3v) is 7.53. The predicted molar refractivity (Wildman–Crippen MR) is 130 cm³/mol. The molecule has 0 bridgehead atoms. The molecule has 0 radical (unpaired) electrons. The average molecular weight is 457 g/mol. The highest BCUT2D eigenvalue weighted by atomic mass is 19.1. The third kappa shape index (κ3) is 3.96. The van der Waals surface area contributed by atoms with Gasteiger partial charge in [-0.1, -0.05) is 36.4 Å². The first-order chi connectivity index (χ1) is 16.7. The number of imidazole rings is 1. The Hall–Kier alpha value is -3.25. The van der Waals surface area contributed by atoms with Gasteiger partial charge in [-0.25, -0.2) is 14.4 Å². The predicted octanol–water partition coefficient (Wildman–Crippen LogP) is 5.41. The lowest BCUT2D eigenvalue weighted by Gasteiger charge is -2.39. The summed E-state index contributed by atoms with van der Waals surface area (Å²) >= 11 is 0. The molecule has 1 aliphatic carbocycles. The van der Waals surface area contributed by atoms with Crippen LogP contribution < -0.4 is 4.74 Å². The second kappa shape index (κ2) is 8.84. The summed E-state index contributed by atoms with van der Waals surface area (Å²) < 4.78 is 23.2. The zero-order valence-electron chi connectivity index (χ0n) is 19.3. The molecule has 0 N–H and O–H groups in total. The fourth-order valence-electron chi connectivity index (χ4n) is 6.04. The number of halogens is 1. The number of likely N-dealkylation sites (tertiary alicyclic amines) is 1. The number of ether oxygens (including phenoxy) is 1. The number of hydrogen-bond acceptors (Lipinski definition) is 4. The van der Waals surface area contributed by atoms with Crippen LogP contribution in [-0.4, -0.2) is 38.6 Å². The molecule has 4 atom stereocenters. The Kier molecular flexibility index (Phi) is 5.53. The van der Waals surface area contributed by atoms with Crippen LogP contribution in [0.5, 0.6) is 5.88 Å². The van der Waals surface area contributed by atoms with E-state index in [1.165, 1.54) is 0 Å². The van der Waals surface area contributed by atoms with E-state index in [4.69, 9.17) is 9.72 Å². The van der Waals surface area contributed by atoms with Gasteiger partial charge in [0.05, 0.1) is 17.1 Å². The fraction of sp³-hybridized carbons (Fsp3) is 0.357. The van der Waals surface area contributed by atoms with E-state index in [0.29, 0.717) is 24.3 Å². The number of aryl methyl sites for hydroxylation is 1. The van der Waals surface area contributed by atoms with E-state index >= 15 is 0 Å². The van der Waals surface area contributed by atoms with Crippen molar-refractivity contribution in [1.29, 1.82) is 0 Å². The highest BCUT2D eigenvalue weighted by molar-refractivity contribution is 5.76. The zero-order valence-corrected chi connectivity index (χ0v) is 19.3. The fourth-order valence-corrected chi connectivity index (χ4v) is 6.04. The van der Waals surface area contributed by atoms with Crippen LogP contribution in [0.1, 0.15) is 30.3 Å². The number of para-hydroxylation sites is 2. The second-order valence-electron chi connectivity index (χ2n) is 9.69. The zero-order chi connectivity index (χ0) is 23.1. The van der Waals surface area contributed by atoms with E-state index in [9.17, 15) is 4.39 Å². The van der Waals surface area contributed by atoms with Crippen LogP contribution in [-0.2, 0) is 6.54 Å². The van der Waals surface area contributed by atoms with Crippen molar-refractivity contribution in [3.8, 4) is 5.88 Å². The van der Waals surface area contributed by atoms with Gasteiger partial charge in [0.1, 0.15) is 17.7 Å². The van der Waals surface area contributed by atoms with Gasteiger partial charge >= 0.3 is 0 Å². The van der Waals surface area contributed by atoms with E-state index in [0.717, 1.165) is 48.4 Å². The van der Waals surface area contributed by atoms with Gasteiger partial charge in [0.2, 0.25) is 5.88 Å². The van der Waals surface area contributed by atoms with Crippen molar-refractivity contribution in [3.63, 3.8) is 0 Å². The summed E-state index contributed by atoms with van der Waals surface area (Å²) in [5.41, 5.74) is 2.95. The highest BCUT2D eigenvalue weighted by Gasteiger charge is 2.44. The first-order valence-corrected chi connectivity index (χ1v) is 12.1. The molecule has 0 amide bonds. The highest BCUT2D eigenvalue weighted by Crippen LogP contribution is 2.44. The lowest BCUT2D eigenvalue weighted by molar-refractivity contribution is 0.0522. The molecule has 0 unspecified atom stereocenters. The molecular weight excluding hydrogens is 427 g/mol. The normalized spacial score (nSPS) is 24.9. The number of aromatic nitrogens is 3. The van der Waals surface area contributed by atoms with Gasteiger partial charge < -0.3 is 9.30 Å². The summed E-state index contributed by atoms with van der Waals surface area (Å²) in [5, 5.41) is 0. The standard InChI is InChI=1S/C28H29FN4O/c1-19-31-24-10-4-5-11-25(24)33(19)26-14-21-17-32(16-20-8-2-3-9-23(20)29)18-22(21)15-27(26)34-28-12-6-7-13-30-28/h2-13,21-22,26-27H,14-18H2,1H3/t21-,22+,26-,27-/m0/s1. The van der Waals surface area contributed by atoms with E-state index in [2.05, 4.69) is 39.6 Å². The van der Waals surface area contributed by atoms with Crippen molar-refractivity contribution in [2.24, 2.45) is 11.8 Å². The van der Waals surface area contributed by atoms with E-state index in [1.807, 2.05) is 36.4 Å². The van der Waals surface area contributed by atoms with Crippen molar-refractivity contribution in [2.75, 3.05) is 13.1 Å². The van der Waals surface area contributed by atoms with Crippen molar-refractivity contribution in [1.82, 2.24) is 19.4 Å². The molecule has 2 fully saturated rings. The van der Waals surface area contributed by atoms with E-state index < -0.39 is 0 Å². The van der Waals surface area contributed by atoms with Gasteiger partial charge in [-0.2, -0.15) is 0 Å². The SMILES string of the molecule is Cc1nc2ccccc2n1[C@H]1C[C@H]2CN(Cc3ccccc3F)C[C@H]2C[C@@H]1Oc1ccccn1. The molecule has 2 aromatic heterocycles. The number of rotatable bonds is 5. The largest absolute Gasteiger partial charge is 0.472 e. The number of nitrogens with zero attached hydrogens (tertiary/aromatic N) is 4. The Morgan fingerprint density at radius 2 is 1.71 bits per heavy atom. The molecule has 0 spiro atoms. The van der Waals surface area contributed by atoms with Crippen LogP contribution in [0, 0.1) is 24.6 Å². The molecule has 1 saturated carbocycles. The van der Waals surface area contributed by atoms with Crippen LogP contribution in [0.4, 0.5) is 4.39 Å². The molecule has 1 aliphatic heterocycles. The minimum Gasteiger partial charge on any atom is -0.472 e. The summed E-state index contributed by atoms with van der Waals surface area (Å²) in [6.07, 6.45) is 3.74. The van der Waals surface area contributed by atoms with Crippen molar-refractivity contribution in [2.45, 2.75) is 38.5 Å². The molecule has 1 saturated heterocycles.